The number of methoxy groups -OCH3 is 1. The Balaban J connectivity index is 2.96. The third-order valence-electron chi connectivity index (χ3n) is 1.89. The highest BCUT2D eigenvalue weighted by Crippen LogP contribution is 2.16. The van der Waals surface area contributed by atoms with Crippen LogP contribution in [0, 0.1) is 11.3 Å². The van der Waals surface area contributed by atoms with Gasteiger partial charge in [0.05, 0.1) is 24.9 Å². The number of hydrogen-bond acceptors (Lipinski definition) is 4. The maximum atomic E-state index is 11.8. The van der Waals surface area contributed by atoms with Gasteiger partial charge in [0.15, 0.2) is 0 Å². The summed E-state index contributed by atoms with van der Waals surface area (Å²) in [5.41, 5.74) is 0.408. The number of pyridine rings is 1. The molecule has 78 valence electrons. The number of hydrogen-bond donors (Lipinski definition) is 0. The van der Waals surface area contributed by atoms with E-state index >= 15 is 0 Å². The van der Waals surface area contributed by atoms with E-state index < -0.39 is 0 Å². The molecule has 0 radical (unpaired) electrons. The lowest BCUT2D eigenvalue weighted by Gasteiger charge is -2.14. The first-order chi connectivity index (χ1) is 7.20. The van der Waals surface area contributed by atoms with Crippen LogP contribution in [0.3, 0.4) is 0 Å². The molecule has 0 saturated heterocycles. The molecule has 1 amide bonds. The third-order valence-corrected chi connectivity index (χ3v) is 1.89. The van der Waals surface area contributed by atoms with Crippen molar-refractivity contribution in [2.75, 3.05) is 20.7 Å². The Hall–Kier alpha value is -2.09. The van der Waals surface area contributed by atoms with E-state index in [1.165, 1.54) is 24.4 Å². The highest BCUT2D eigenvalue weighted by molar-refractivity contribution is 5.96. The van der Waals surface area contributed by atoms with Gasteiger partial charge in [-0.05, 0) is 6.07 Å². The topological polar surface area (TPSA) is 66.2 Å². The maximum Gasteiger partial charge on any atom is 0.258 e. The second-order valence-corrected chi connectivity index (χ2v) is 2.90. The zero-order valence-electron chi connectivity index (χ0n) is 8.60. The van der Waals surface area contributed by atoms with E-state index in [1.54, 1.807) is 13.1 Å². The second kappa shape index (κ2) is 4.96. The first-order valence-electron chi connectivity index (χ1n) is 4.31. The molecule has 5 nitrogen and oxygen atoms in total. The van der Waals surface area contributed by atoms with Gasteiger partial charge >= 0.3 is 0 Å². The van der Waals surface area contributed by atoms with Crippen molar-refractivity contribution >= 4 is 5.91 Å². The molecule has 0 fully saturated rings. The summed E-state index contributed by atoms with van der Waals surface area (Å²) in [5.74, 6) is 0.156. The number of carbonyl (C=O) groups is 1. The summed E-state index contributed by atoms with van der Waals surface area (Å²) in [5, 5.41) is 8.47. The van der Waals surface area contributed by atoms with Crippen LogP contribution in [0.4, 0.5) is 0 Å². The van der Waals surface area contributed by atoms with E-state index in [4.69, 9.17) is 10.00 Å². The fourth-order valence-corrected chi connectivity index (χ4v) is 1.10. The molecule has 1 rings (SSSR count). The number of nitriles is 1. The van der Waals surface area contributed by atoms with Crippen LogP contribution in [-0.4, -0.2) is 36.5 Å². The van der Waals surface area contributed by atoms with Gasteiger partial charge in [-0.3, -0.25) is 9.78 Å². The number of amides is 1. The number of rotatable bonds is 3. The minimum atomic E-state index is -0.254. The van der Waals surface area contributed by atoms with E-state index in [9.17, 15) is 4.79 Å². The van der Waals surface area contributed by atoms with Crippen LogP contribution < -0.4 is 4.74 Å². The van der Waals surface area contributed by atoms with Crippen molar-refractivity contribution in [1.29, 1.82) is 5.26 Å². The SMILES string of the molecule is COc1cnccc1C(=O)N(C)CC#N. The Kier molecular flexibility index (Phi) is 3.63. The van der Waals surface area contributed by atoms with E-state index in [-0.39, 0.29) is 12.5 Å². The van der Waals surface area contributed by atoms with E-state index in [0.29, 0.717) is 11.3 Å². The fraction of sp³-hybridized carbons (Fsp3) is 0.300. The lowest BCUT2D eigenvalue weighted by Crippen LogP contribution is -2.27. The maximum absolute atomic E-state index is 11.8. The summed E-state index contributed by atoms with van der Waals surface area (Å²) in [7, 11) is 3.03. The quantitative estimate of drug-likeness (QED) is 0.681. The second-order valence-electron chi connectivity index (χ2n) is 2.90. The lowest BCUT2D eigenvalue weighted by atomic mass is 10.2. The average molecular weight is 205 g/mol. The molecule has 5 heteroatoms. The van der Waals surface area contributed by atoms with Crippen LogP contribution in [0.15, 0.2) is 18.5 Å². The van der Waals surface area contributed by atoms with Crippen molar-refractivity contribution in [1.82, 2.24) is 9.88 Å². The lowest BCUT2D eigenvalue weighted by molar-refractivity contribution is 0.0808. The van der Waals surface area contributed by atoms with Crippen LogP contribution in [-0.2, 0) is 0 Å². The minimum Gasteiger partial charge on any atom is -0.494 e. The zero-order chi connectivity index (χ0) is 11.3. The van der Waals surface area contributed by atoms with Crippen LogP contribution in [0.2, 0.25) is 0 Å². The van der Waals surface area contributed by atoms with Crippen molar-refractivity contribution in [2.45, 2.75) is 0 Å². The molecular formula is C10H11N3O2. The molecule has 0 aliphatic heterocycles. The van der Waals surface area contributed by atoms with E-state index in [0.717, 1.165) is 0 Å². The number of ether oxygens (including phenoxy) is 1. The Morgan fingerprint density at radius 2 is 2.47 bits per heavy atom. The molecule has 0 saturated carbocycles. The minimum absolute atomic E-state index is 0.0459. The van der Waals surface area contributed by atoms with Crippen molar-refractivity contribution < 1.29 is 9.53 Å². The van der Waals surface area contributed by atoms with Crippen LogP contribution in [0.1, 0.15) is 10.4 Å². The first kappa shape index (κ1) is 11.0. The van der Waals surface area contributed by atoms with Gasteiger partial charge in [-0.15, -0.1) is 0 Å². The molecule has 0 aliphatic rings. The standard InChI is InChI=1S/C10H11N3O2/c1-13(6-4-11)10(14)8-3-5-12-7-9(8)15-2/h3,5,7H,6H2,1-2H3. The molecular weight excluding hydrogens is 194 g/mol. The predicted molar refractivity (Wildman–Crippen MR) is 53.4 cm³/mol. The van der Waals surface area contributed by atoms with Crippen molar-refractivity contribution in [3.63, 3.8) is 0 Å². The third kappa shape index (κ3) is 2.44. The molecule has 15 heavy (non-hydrogen) atoms. The normalized spacial score (nSPS) is 9.13. The molecule has 1 aromatic heterocycles. The van der Waals surface area contributed by atoms with Gasteiger partial charge in [0.1, 0.15) is 12.3 Å². The molecule has 0 aliphatic carbocycles. The fourth-order valence-electron chi connectivity index (χ4n) is 1.10. The van der Waals surface area contributed by atoms with Gasteiger partial charge in [-0.1, -0.05) is 0 Å². The molecule has 0 aromatic carbocycles. The van der Waals surface area contributed by atoms with Gasteiger partial charge in [0.25, 0.3) is 5.91 Å². The highest BCUT2D eigenvalue weighted by atomic mass is 16.5. The Bertz CT molecular complexity index is 398. The van der Waals surface area contributed by atoms with Crippen LogP contribution in [0.25, 0.3) is 0 Å². The van der Waals surface area contributed by atoms with E-state index in [2.05, 4.69) is 4.98 Å². The highest BCUT2D eigenvalue weighted by Gasteiger charge is 2.15. The van der Waals surface area contributed by atoms with Crippen LogP contribution in [0.5, 0.6) is 5.75 Å². The molecule has 0 N–H and O–H groups in total. The average Bonchev–Trinajstić information content (AvgIpc) is 2.28. The largest absolute Gasteiger partial charge is 0.494 e. The number of carbonyl (C=O) groups excluding carboxylic acids is 1. The summed E-state index contributed by atoms with van der Waals surface area (Å²) in [6, 6.07) is 3.47. The Labute approximate surface area is 87.9 Å². The molecule has 1 heterocycles. The molecule has 0 bridgehead atoms. The molecule has 1 aromatic rings. The van der Waals surface area contributed by atoms with Crippen molar-refractivity contribution in [3.8, 4) is 11.8 Å². The van der Waals surface area contributed by atoms with Gasteiger partial charge in [0.2, 0.25) is 0 Å². The summed E-state index contributed by atoms with van der Waals surface area (Å²) >= 11 is 0. The summed E-state index contributed by atoms with van der Waals surface area (Å²) < 4.78 is 5.00. The number of nitrogens with zero attached hydrogens (tertiary/aromatic N) is 3. The summed E-state index contributed by atoms with van der Waals surface area (Å²) in [4.78, 5) is 16.9. The smallest absolute Gasteiger partial charge is 0.258 e. The van der Waals surface area contributed by atoms with Crippen molar-refractivity contribution in [3.05, 3.63) is 24.0 Å². The molecule has 0 spiro atoms. The van der Waals surface area contributed by atoms with Gasteiger partial charge in [-0.2, -0.15) is 5.26 Å². The predicted octanol–water partition coefficient (Wildman–Crippen LogP) is 0.686. The monoisotopic (exact) mass is 205 g/mol. The van der Waals surface area contributed by atoms with Crippen LogP contribution >= 0.6 is 0 Å². The zero-order valence-corrected chi connectivity index (χ0v) is 8.60. The van der Waals surface area contributed by atoms with Gasteiger partial charge in [-0.25, -0.2) is 0 Å². The number of aromatic nitrogens is 1. The molecule has 0 atom stereocenters. The van der Waals surface area contributed by atoms with E-state index in [1.807, 2.05) is 6.07 Å². The first-order valence-corrected chi connectivity index (χ1v) is 4.31. The Morgan fingerprint density at radius 1 is 1.73 bits per heavy atom. The van der Waals surface area contributed by atoms with Gasteiger partial charge < -0.3 is 9.64 Å². The molecule has 0 unspecified atom stereocenters. The van der Waals surface area contributed by atoms with Crippen molar-refractivity contribution in [2.24, 2.45) is 0 Å². The van der Waals surface area contributed by atoms with Gasteiger partial charge in [0, 0.05) is 13.2 Å². The Morgan fingerprint density at radius 3 is 3.07 bits per heavy atom. The summed E-state index contributed by atoms with van der Waals surface area (Å²) in [6.07, 6.45) is 2.98. The summed E-state index contributed by atoms with van der Waals surface area (Å²) in [6.45, 7) is 0.0459.